The SMILES string of the molecule is O=C(COC(=O)/C=C/c1cccc(C(F)(F)F)c1)NCCC1=CCCCC1. The molecule has 0 atom stereocenters. The summed E-state index contributed by atoms with van der Waals surface area (Å²) < 4.78 is 42.7. The Labute approximate surface area is 156 Å². The molecule has 0 aliphatic heterocycles. The zero-order chi connectivity index (χ0) is 19.7. The van der Waals surface area contributed by atoms with E-state index in [4.69, 9.17) is 4.74 Å². The van der Waals surface area contributed by atoms with E-state index in [1.165, 1.54) is 36.6 Å². The zero-order valence-corrected chi connectivity index (χ0v) is 14.8. The highest BCUT2D eigenvalue weighted by molar-refractivity contribution is 5.89. The van der Waals surface area contributed by atoms with Crippen molar-refractivity contribution in [3.05, 3.63) is 53.1 Å². The first kappa shape index (κ1) is 20.7. The summed E-state index contributed by atoms with van der Waals surface area (Å²) in [4.78, 5) is 23.3. The summed E-state index contributed by atoms with van der Waals surface area (Å²) in [5.74, 6) is -1.20. The molecule has 0 radical (unpaired) electrons. The van der Waals surface area contributed by atoms with Crippen molar-refractivity contribution in [1.82, 2.24) is 5.32 Å². The van der Waals surface area contributed by atoms with Crippen LogP contribution in [-0.4, -0.2) is 25.0 Å². The third kappa shape index (κ3) is 7.68. The lowest BCUT2D eigenvalue weighted by atomic mass is 9.97. The van der Waals surface area contributed by atoms with Crippen LogP contribution in [0.3, 0.4) is 0 Å². The number of allylic oxidation sites excluding steroid dienone is 1. The Kier molecular flexibility index (Phi) is 7.64. The van der Waals surface area contributed by atoms with Gasteiger partial charge in [0.15, 0.2) is 6.61 Å². The molecule has 1 aliphatic rings. The summed E-state index contributed by atoms with van der Waals surface area (Å²) in [6.07, 6.45) is 5.28. The van der Waals surface area contributed by atoms with Crippen molar-refractivity contribution in [3.8, 4) is 0 Å². The molecule has 0 bridgehead atoms. The molecule has 0 saturated heterocycles. The van der Waals surface area contributed by atoms with Gasteiger partial charge in [0.05, 0.1) is 5.56 Å². The molecule has 0 saturated carbocycles. The molecule has 0 fully saturated rings. The van der Waals surface area contributed by atoms with Gasteiger partial charge in [-0.2, -0.15) is 13.2 Å². The molecule has 1 aromatic carbocycles. The fourth-order valence-corrected chi connectivity index (χ4v) is 2.71. The van der Waals surface area contributed by atoms with Crippen LogP contribution in [0.15, 0.2) is 42.0 Å². The normalized spacial score (nSPS) is 14.7. The topological polar surface area (TPSA) is 55.4 Å². The molecule has 1 aliphatic carbocycles. The highest BCUT2D eigenvalue weighted by Gasteiger charge is 2.30. The number of hydrogen-bond acceptors (Lipinski definition) is 3. The number of esters is 1. The molecule has 146 valence electrons. The van der Waals surface area contributed by atoms with Crippen LogP contribution < -0.4 is 5.32 Å². The maximum atomic E-state index is 12.6. The Hall–Kier alpha value is -2.57. The van der Waals surface area contributed by atoms with Gasteiger partial charge in [-0.25, -0.2) is 4.79 Å². The summed E-state index contributed by atoms with van der Waals surface area (Å²) >= 11 is 0. The Morgan fingerprint density at radius 1 is 1.22 bits per heavy atom. The van der Waals surface area contributed by atoms with Gasteiger partial charge < -0.3 is 10.1 Å². The van der Waals surface area contributed by atoms with Crippen molar-refractivity contribution >= 4 is 18.0 Å². The van der Waals surface area contributed by atoms with Crippen molar-refractivity contribution in [2.75, 3.05) is 13.2 Å². The minimum atomic E-state index is -4.45. The first-order valence-electron chi connectivity index (χ1n) is 8.81. The zero-order valence-electron chi connectivity index (χ0n) is 14.8. The Balaban J connectivity index is 1.71. The first-order valence-corrected chi connectivity index (χ1v) is 8.81. The number of alkyl halides is 3. The largest absolute Gasteiger partial charge is 0.452 e. The van der Waals surface area contributed by atoms with Crippen LogP contribution in [0.4, 0.5) is 13.2 Å². The van der Waals surface area contributed by atoms with Gasteiger partial charge in [0, 0.05) is 12.6 Å². The van der Waals surface area contributed by atoms with E-state index in [-0.39, 0.29) is 5.56 Å². The van der Waals surface area contributed by atoms with Gasteiger partial charge in [-0.3, -0.25) is 4.79 Å². The van der Waals surface area contributed by atoms with Crippen LogP contribution >= 0.6 is 0 Å². The molecule has 1 N–H and O–H groups in total. The number of ether oxygens (including phenoxy) is 1. The number of benzene rings is 1. The lowest BCUT2D eigenvalue weighted by Crippen LogP contribution is -2.29. The summed E-state index contributed by atoms with van der Waals surface area (Å²) in [7, 11) is 0. The van der Waals surface area contributed by atoms with Gasteiger partial charge >= 0.3 is 12.1 Å². The van der Waals surface area contributed by atoms with Crippen LogP contribution in [0.1, 0.15) is 43.2 Å². The molecule has 27 heavy (non-hydrogen) atoms. The molecule has 1 aromatic rings. The Morgan fingerprint density at radius 2 is 2.04 bits per heavy atom. The van der Waals surface area contributed by atoms with E-state index in [1.807, 2.05) is 0 Å². The predicted molar refractivity (Wildman–Crippen MR) is 95.6 cm³/mol. The van der Waals surface area contributed by atoms with Gasteiger partial charge in [0.2, 0.25) is 0 Å². The summed E-state index contributed by atoms with van der Waals surface area (Å²) in [5.41, 5.74) is 0.750. The van der Waals surface area contributed by atoms with Crippen molar-refractivity contribution in [1.29, 1.82) is 0 Å². The maximum Gasteiger partial charge on any atom is 0.416 e. The number of nitrogens with one attached hydrogen (secondary N) is 1. The van der Waals surface area contributed by atoms with Gasteiger partial charge in [-0.1, -0.05) is 23.8 Å². The molecular formula is C20H22F3NO3. The number of carbonyl (C=O) groups is 2. The van der Waals surface area contributed by atoms with Gasteiger partial charge in [-0.15, -0.1) is 0 Å². The Bertz CT molecular complexity index is 723. The monoisotopic (exact) mass is 381 g/mol. The second-order valence-electron chi connectivity index (χ2n) is 6.27. The van der Waals surface area contributed by atoms with Crippen LogP contribution in [0.25, 0.3) is 6.08 Å². The van der Waals surface area contributed by atoms with E-state index in [1.54, 1.807) is 0 Å². The smallest absolute Gasteiger partial charge is 0.416 e. The average Bonchev–Trinajstić information content (AvgIpc) is 2.65. The average molecular weight is 381 g/mol. The third-order valence-electron chi connectivity index (χ3n) is 4.12. The molecule has 4 nitrogen and oxygen atoms in total. The summed E-state index contributed by atoms with van der Waals surface area (Å²) in [5, 5.41) is 2.68. The van der Waals surface area contributed by atoms with Crippen LogP contribution in [0.2, 0.25) is 0 Å². The number of carbonyl (C=O) groups excluding carboxylic acids is 2. The van der Waals surface area contributed by atoms with E-state index in [9.17, 15) is 22.8 Å². The number of halogens is 3. The van der Waals surface area contributed by atoms with E-state index >= 15 is 0 Å². The van der Waals surface area contributed by atoms with E-state index in [2.05, 4.69) is 11.4 Å². The maximum absolute atomic E-state index is 12.6. The number of hydrogen-bond donors (Lipinski definition) is 1. The summed E-state index contributed by atoms with van der Waals surface area (Å²) in [6, 6.07) is 4.56. The molecule has 2 rings (SSSR count). The van der Waals surface area contributed by atoms with Crippen LogP contribution in [0.5, 0.6) is 0 Å². The van der Waals surface area contributed by atoms with E-state index in [0.717, 1.165) is 37.5 Å². The van der Waals surface area contributed by atoms with Crippen molar-refractivity contribution < 1.29 is 27.5 Å². The minimum Gasteiger partial charge on any atom is -0.452 e. The fourth-order valence-electron chi connectivity index (χ4n) is 2.71. The van der Waals surface area contributed by atoms with Gasteiger partial charge in [-0.05, 0) is 55.9 Å². The lowest BCUT2D eigenvalue weighted by molar-refractivity contribution is -0.143. The standard InChI is InChI=1S/C20H22F3NO3/c21-20(22,23)17-8-4-7-16(13-17)9-10-19(26)27-14-18(25)24-12-11-15-5-2-1-3-6-15/h4-5,7-10,13H,1-3,6,11-12,14H2,(H,24,25)/b10-9+. The molecule has 0 unspecified atom stereocenters. The molecule has 0 aromatic heterocycles. The van der Waals surface area contributed by atoms with Crippen molar-refractivity contribution in [3.63, 3.8) is 0 Å². The number of rotatable bonds is 7. The first-order chi connectivity index (χ1) is 12.8. The second-order valence-corrected chi connectivity index (χ2v) is 6.27. The van der Waals surface area contributed by atoms with Gasteiger partial charge in [0.1, 0.15) is 0 Å². The van der Waals surface area contributed by atoms with E-state index in [0.29, 0.717) is 6.54 Å². The van der Waals surface area contributed by atoms with Crippen molar-refractivity contribution in [2.24, 2.45) is 0 Å². The molecule has 0 spiro atoms. The highest BCUT2D eigenvalue weighted by Crippen LogP contribution is 2.29. The van der Waals surface area contributed by atoms with Crippen LogP contribution in [0, 0.1) is 0 Å². The lowest BCUT2D eigenvalue weighted by Gasteiger charge is -2.12. The fraction of sp³-hybridized carbons (Fsp3) is 0.400. The minimum absolute atomic E-state index is 0.215. The number of amides is 1. The molecule has 0 heterocycles. The molecular weight excluding hydrogens is 359 g/mol. The van der Waals surface area contributed by atoms with Gasteiger partial charge in [0.25, 0.3) is 5.91 Å². The van der Waals surface area contributed by atoms with Crippen LogP contribution in [-0.2, 0) is 20.5 Å². The Morgan fingerprint density at radius 3 is 2.74 bits per heavy atom. The third-order valence-corrected chi connectivity index (χ3v) is 4.12. The van der Waals surface area contributed by atoms with E-state index < -0.39 is 30.2 Å². The summed E-state index contributed by atoms with van der Waals surface area (Å²) in [6.45, 7) is 0.0626. The second kappa shape index (κ2) is 9.94. The molecule has 7 heteroatoms. The quantitative estimate of drug-likeness (QED) is 0.436. The molecule has 1 amide bonds. The van der Waals surface area contributed by atoms with Crippen molar-refractivity contribution in [2.45, 2.75) is 38.3 Å². The highest BCUT2D eigenvalue weighted by atomic mass is 19.4. The predicted octanol–water partition coefficient (Wildman–Crippen LogP) is 4.27.